The predicted molar refractivity (Wildman–Crippen MR) is 100 cm³/mol. The number of nitrogens with one attached hydrogen (secondary N) is 1. The van der Waals surface area contributed by atoms with E-state index in [9.17, 15) is 13.2 Å². The van der Waals surface area contributed by atoms with Crippen molar-refractivity contribution in [3.05, 3.63) is 22.7 Å². The van der Waals surface area contributed by atoms with E-state index in [1.807, 2.05) is 19.9 Å². The van der Waals surface area contributed by atoms with Crippen LogP contribution in [0.5, 0.6) is 5.75 Å². The Hall–Kier alpha value is -1.47. The summed E-state index contributed by atoms with van der Waals surface area (Å²) in [6.45, 7) is 5.98. The largest absolute Gasteiger partial charge is 0.495 e. The Bertz CT molecular complexity index is 751. The maximum Gasteiger partial charge on any atom is 0.245 e. The first-order valence-electron chi connectivity index (χ1n) is 8.30. The van der Waals surface area contributed by atoms with Crippen molar-refractivity contribution in [1.82, 2.24) is 4.90 Å². The van der Waals surface area contributed by atoms with Gasteiger partial charge in [-0.25, -0.2) is 8.42 Å². The van der Waals surface area contributed by atoms with Crippen LogP contribution in [0.1, 0.15) is 25.8 Å². The number of carbonyl (C=O) groups excluding carboxylic acids is 1. The van der Waals surface area contributed by atoms with Gasteiger partial charge in [0.25, 0.3) is 0 Å². The van der Waals surface area contributed by atoms with Crippen molar-refractivity contribution >= 4 is 33.0 Å². The first kappa shape index (κ1) is 19.8. The highest BCUT2D eigenvalue weighted by Gasteiger charge is 2.35. The molecule has 0 radical (unpaired) electrons. The van der Waals surface area contributed by atoms with Crippen molar-refractivity contribution in [3.63, 3.8) is 0 Å². The molecule has 2 rings (SSSR count). The van der Waals surface area contributed by atoms with Crippen molar-refractivity contribution in [3.8, 4) is 5.75 Å². The number of hydrogen-bond donors (Lipinski definition) is 1. The number of carbonyl (C=O) groups is 1. The molecule has 1 aliphatic heterocycles. The van der Waals surface area contributed by atoms with Crippen molar-refractivity contribution < 1.29 is 17.9 Å². The highest BCUT2D eigenvalue weighted by molar-refractivity contribution is 7.91. The minimum absolute atomic E-state index is 0.0443. The lowest BCUT2D eigenvalue weighted by atomic mass is 10.1. The Morgan fingerprint density at radius 3 is 2.68 bits per heavy atom. The molecule has 0 bridgehead atoms. The third-order valence-electron chi connectivity index (χ3n) is 4.50. The van der Waals surface area contributed by atoms with Crippen molar-refractivity contribution in [2.45, 2.75) is 39.3 Å². The average molecular weight is 389 g/mol. The smallest absolute Gasteiger partial charge is 0.245 e. The number of sulfone groups is 1. The van der Waals surface area contributed by atoms with E-state index < -0.39 is 15.9 Å². The molecule has 1 saturated heterocycles. The van der Waals surface area contributed by atoms with Crippen LogP contribution in [0.2, 0.25) is 5.02 Å². The second-order valence-corrected chi connectivity index (χ2v) is 8.98. The Labute approximate surface area is 154 Å². The monoisotopic (exact) mass is 388 g/mol. The fourth-order valence-electron chi connectivity index (χ4n) is 3.10. The third-order valence-corrected chi connectivity index (χ3v) is 6.65. The molecule has 0 aliphatic carbocycles. The number of benzene rings is 1. The van der Waals surface area contributed by atoms with Gasteiger partial charge in [-0.05, 0) is 38.8 Å². The van der Waals surface area contributed by atoms with Gasteiger partial charge in [0.15, 0.2) is 9.84 Å². The van der Waals surface area contributed by atoms with Crippen LogP contribution in [0.4, 0.5) is 5.69 Å². The van der Waals surface area contributed by atoms with E-state index in [1.165, 1.54) is 0 Å². The zero-order valence-corrected chi connectivity index (χ0v) is 16.6. The summed E-state index contributed by atoms with van der Waals surface area (Å²) in [6.07, 6.45) is 0.498. The minimum Gasteiger partial charge on any atom is -0.495 e. The number of amides is 1. The molecule has 1 aromatic rings. The van der Waals surface area contributed by atoms with Crippen molar-refractivity contribution in [2.24, 2.45) is 0 Å². The van der Waals surface area contributed by atoms with Crippen LogP contribution in [-0.4, -0.2) is 56.5 Å². The van der Waals surface area contributed by atoms with E-state index in [-0.39, 0.29) is 23.5 Å². The molecule has 140 valence electrons. The SMILES string of the molecule is CCN(C(=O)C(C)Nc1cc(C)c(Cl)cc1OC)C1CCS(=O)(=O)C1. The van der Waals surface area contributed by atoms with Gasteiger partial charge in [0.2, 0.25) is 5.91 Å². The number of rotatable bonds is 6. The Balaban J connectivity index is 2.15. The fourth-order valence-corrected chi connectivity index (χ4v) is 4.99. The van der Waals surface area contributed by atoms with Gasteiger partial charge < -0.3 is 15.0 Å². The van der Waals surface area contributed by atoms with Gasteiger partial charge in [0.1, 0.15) is 11.8 Å². The van der Waals surface area contributed by atoms with Crippen molar-refractivity contribution in [2.75, 3.05) is 30.5 Å². The topological polar surface area (TPSA) is 75.7 Å². The molecule has 2 unspecified atom stereocenters. The normalized spacial score (nSPS) is 20.1. The van der Waals surface area contributed by atoms with Crippen LogP contribution in [0.25, 0.3) is 0 Å². The molecule has 1 heterocycles. The van der Waals surface area contributed by atoms with Crippen LogP contribution >= 0.6 is 11.6 Å². The quantitative estimate of drug-likeness (QED) is 0.810. The number of aryl methyl sites for hydroxylation is 1. The van der Waals surface area contributed by atoms with Gasteiger partial charge in [0.05, 0.1) is 24.3 Å². The molecule has 1 N–H and O–H groups in total. The molecule has 1 aliphatic rings. The number of methoxy groups -OCH3 is 1. The standard InChI is InChI=1S/C17H25ClN2O4S/c1-5-20(13-6-7-25(22,23)10-13)17(21)12(3)19-15-8-11(2)14(18)9-16(15)24-4/h8-9,12-13,19H,5-7,10H2,1-4H3. The summed E-state index contributed by atoms with van der Waals surface area (Å²) in [4.78, 5) is 14.5. The number of hydrogen-bond acceptors (Lipinski definition) is 5. The molecule has 25 heavy (non-hydrogen) atoms. The van der Waals surface area contributed by atoms with E-state index in [2.05, 4.69) is 5.32 Å². The third kappa shape index (κ3) is 4.58. The molecule has 0 saturated carbocycles. The zero-order chi connectivity index (χ0) is 18.8. The summed E-state index contributed by atoms with van der Waals surface area (Å²) in [5, 5.41) is 3.75. The van der Waals surface area contributed by atoms with Crippen LogP contribution in [-0.2, 0) is 14.6 Å². The number of anilines is 1. The van der Waals surface area contributed by atoms with E-state index >= 15 is 0 Å². The van der Waals surface area contributed by atoms with Gasteiger partial charge in [-0.2, -0.15) is 0 Å². The Kier molecular flexibility index (Phi) is 6.21. The second-order valence-electron chi connectivity index (χ2n) is 6.35. The molecule has 2 atom stereocenters. The van der Waals surface area contributed by atoms with E-state index in [1.54, 1.807) is 25.0 Å². The van der Waals surface area contributed by atoms with Gasteiger partial charge in [-0.15, -0.1) is 0 Å². The number of halogens is 1. The molecule has 1 fully saturated rings. The molecule has 1 aromatic carbocycles. The summed E-state index contributed by atoms with van der Waals surface area (Å²) in [5.41, 5.74) is 1.55. The first-order valence-corrected chi connectivity index (χ1v) is 10.5. The summed E-state index contributed by atoms with van der Waals surface area (Å²) < 4.78 is 28.8. The van der Waals surface area contributed by atoms with Gasteiger partial charge in [-0.1, -0.05) is 11.6 Å². The van der Waals surface area contributed by atoms with Crippen LogP contribution in [0, 0.1) is 6.92 Å². The lowest BCUT2D eigenvalue weighted by molar-refractivity contribution is -0.133. The van der Waals surface area contributed by atoms with Crippen LogP contribution in [0.3, 0.4) is 0 Å². The summed E-state index contributed by atoms with van der Waals surface area (Å²) in [7, 11) is -1.50. The summed E-state index contributed by atoms with van der Waals surface area (Å²) in [6, 6.07) is 2.78. The maximum absolute atomic E-state index is 12.8. The molecule has 0 aromatic heterocycles. The minimum atomic E-state index is -3.04. The van der Waals surface area contributed by atoms with Crippen LogP contribution in [0.15, 0.2) is 12.1 Å². The molecule has 8 heteroatoms. The van der Waals surface area contributed by atoms with Crippen LogP contribution < -0.4 is 10.1 Å². The molecule has 0 spiro atoms. The molecule has 6 nitrogen and oxygen atoms in total. The summed E-state index contributed by atoms with van der Waals surface area (Å²) >= 11 is 6.11. The van der Waals surface area contributed by atoms with E-state index in [4.69, 9.17) is 16.3 Å². The zero-order valence-electron chi connectivity index (χ0n) is 15.0. The van der Waals surface area contributed by atoms with E-state index in [0.29, 0.717) is 29.4 Å². The van der Waals surface area contributed by atoms with Gasteiger partial charge in [0, 0.05) is 23.7 Å². The Morgan fingerprint density at radius 1 is 1.48 bits per heavy atom. The number of ether oxygens (including phenoxy) is 1. The van der Waals surface area contributed by atoms with Crippen molar-refractivity contribution in [1.29, 1.82) is 0 Å². The fraction of sp³-hybridized carbons (Fsp3) is 0.588. The summed E-state index contributed by atoms with van der Waals surface area (Å²) in [5.74, 6) is 0.622. The predicted octanol–water partition coefficient (Wildman–Crippen LogP) is 2.49. The first-order chi connectivity index (χ1) is 11.7. The van der Waals surface area contributed by atoms with Gasteiger partial charge in [-0.3, -0.25) is 4.79 Å². The molecule has 1 amide bonds. The maximum atomic E-state index is 12.8. The number of likely N-dealkylation sites (N-methyl/N-ethyl adjacent to an activating group) is 1. The number of nitrogens with zero attached hydrogens (tertiary/aromatic N) is 1. The highest BCUT2D eigenvalue weighted by atomic mass is 35.5. The Morgan fingerprint density at radius 2 is 2.16 bits per heavy atom. The lowest BCUT2D eigenvalue weighted by Gasteiger charge is -2.30. The van der Waals surface area contributed by atoms with E-state index in [0.717, 1.165) is 5.56 Å². The molecular formula is C17H25ClN2O4S. The van der Waals surface area contributed by atoms with Gasteiger partial charge >= 0.3 is 0 Å². The second kappa shape index (κ2) is 7.83. The highest BCUT2D eigenvalue weighted by Crippen LogP contribution is 2.31. The average Bonchev–Trinajstić information content (AvgIpc) is 2.90. The molecular weight excluding hydrogens is 364 g/mol. The lowest BCUT2D eigenvalue weighted by Crippen LogP contribution is -2.47.